The van der Waals surface area contributed by atoms with Crippen molar-refractivity contribution in [1.82, 2.24) is 20.0 Å². The molecule has 0 saturated carbocycles. The first kappa shape index (κ1) is 13.7. The molecule has 2 heterocycles. The number of nitrogens with one attached hydrogen (secondary N) is 1. The number of carbonyl (C=O) groups is 1. The normalized spacial score (nSPS) is 16.7. The summed E-state index contributed by atoms with van der Waals surface area (Å²) in [6, 6.07) is 4.06. The number of carbonyl (C=O) groups excluding carboxylic acids is 1. The van der Waals surface area contributed by atoms with E-state index in [0.717, 1.165) is 25.9 Å². The average Bonchev–Trinajstić information content (AvgIpc) is 2.46. The molecular weight excluding hydrogens is 242 g/mol. The fourth-order valence-corrected chi connectivity index (χ4v) is 2.33. The maximum atomic E-state index is 12.3. The summed E-state index contributed by atoms with van der Waals surface area (Å²) in [4.78, 5) is 16.4. The highest BCUT2D eigenvalue weighted by Gasteiger charge is 2.25. The molecule has 0 atom stereocenters. The lowest BCUT2D eigenvalue weighted by molar-refractivity contribution is 0.0656. The highest BCUT2D eigenvalue weighted by Crippen LogP contribution is 2.16. The summed E-state index contributed by atoms with van der Waals surface area (Å²) in [5.74, 6) is 0.648. The smallest absolute Gasteiger partial charge is 0.274 e. The van der Waals surface area contributed by atoms with E-state index in [1.807, 2.05) is 4.90 Å². The number of hydrogen-bond acceptors (Lipinski definition) is 5. The van der Waals surface area contributed by atoms with Gasteiger partial charge in [0.15, 0.2) is 5.69 Å². The Morgan fingerprint density at radius 3 is 2.47 bits per heavy atom. The van der Waals surface area contributed by atoms with Crippen LogP contribution in [0, 0.1) is 0 Å². The van der Waals surface area contributed by atoms with Crippen molar-refractivity contribution in [3.05, 3.63) is 17.8 Å². The molecule has 104 valence electrons. The Morgan fingerprint density at radius 2 is 2.00 bits per heavy atom. The summed E-state index contributed by atoms with van der Waals surface area (Å²) in [7, 11) is 5.95. The van der Waals surface area contributed by atoms with Crippen LogP contribution in [-0.4, -0.2) is 66.2 Å². The SMILES string of the molecule is CNc1ccc(C(=O)N2CCC(N(C)C)CC2)nn1. The Labute approximate surface area is 113 Å². The van der Waals surface area contributed by atoms with Gasteiger partial charge in [0, 0.05) is 26.2 Å². The van der Waals surface area contributed by atoms with Gasteiger partial charge in [-0.2, -0.15) is 0 Å². The van der Waals surface area contributed by atoms with Gasteiger partial charge < -0.3 is 15.1 Å². The number of hydrogen-bond donors (Lipinski definition) is 1. The van der Waals surface area contributed by atoms with Gasteiger partial charge in [0.25, 0.3) is 5.91 Å². The molecule has 6 nitrogen and oxygen atoms in total. The molecule has 1 aromatic heterocycles. The molecule has 1 aliphatic heterocycles. The molecular formula is C13H21N5O. The Kier molecular flexibility index (Phi) is 4.31. The van der Waals surface area contributed by atoms with Crippen LogP contribution < -0.4 is 5.32 Å². The summed E-state index contributed by atoms with van der Waals surface area (Å²) < 4.78 is 0. The van der Waals surface area contributed by atoms with E-state index in [1.165, 1.54) is 0 Å². The largest absolute Gasteiger partial charge is 0.372 e. The zero-order valence-corrected chi connectivity index (χ0v) is 11.8. The first-order valence-electron chi connectivity index (χ1n) is 6.59. The predicted molar refractivity (Wildman–Crippen MR) is 74.2 cm³/mol. The Hall–Kier alpha value is -1.69. The topological polar surface area (TPSA) is 61.4 Å². The number of likely N-dealkylation sites (tertiary alicyclic amines) is 1. The molecule has 1 fully saturated rings. The minimum atomic E-state index is -0.0210. The molecule has 0 radical (unpaired) electrons. The third-order valence-corrected chi connectivity index (χ3v) is 3.62. The maximum Gasteiger partial charge on any atom is 0.274 e. The third kappa shape index (κ3) is 3.20. The van der Waals surface area contributed by atoms with Gasteiger partial charge in [-0.1, -0.05) is 0 Å². The van der Waals surface area contributed by atoms with E-state index < -0.39 is 0 Å². The third-order valence-electron chi connectivity index (χ3n) is 3.62. The summed E-state index contributed by atoms with van der Waals surface area (Å²) >= 11 is 0. The molecule has 19 heavy (non-hydrogen) atoms. The lowest BCUT2D eigenvalue weighted by atomic mass is 10.0. The number of amides is 1. The second-order valence-electron chi connectivity index (χ2n) is 5.04. The van der Waals surface area contributed by atoms with Crippen molar-refractivity contribution in [2.45, 2.75) is 18.9 Å². The minimum Gasteiger partial charge on any atom is -0.372 e. The summed E-state index contributed by atoms with van der Waals surface area (Å²) in [5, 5.41) is 10.8. The van der Waals surface area contributed by atoms with Crippen molar-refractivity contribution < 1.29 is 4.79 Å². The quantitative estimate of drug-likeness (QED) is 0.869. The number of nitrogens with zero attached hydrogens (tertiary/aromatic N) is 4. The van der Waals surface area contributed by atoms with Crippen LogP contribution in [0.25, 0.3) is 0 Å². The molecule has 1 amide bonds. The van der Waals surface area contributed by atoms with Crippen molar-refractivity contribution >= 4 is 11.7 Å². The number of piperidine rings is 1. The Morgan fingerprint density at radius 1 is 1.32 bits per heavy atom. The van der Waals surface area contributed by atoms with Crippen LogP contribution in [0.1, 0.15) is 23.3 Å². The molecule has 1 N–H and O–H groups in total. The van der Waals surface area contributed by atoms with E-state index in [-0.39, 0.29) is 5.91 Å². The zero-order chi connectivity index (χ0) is 13.8. The first-order chi connectivity index (χ1) is 9.11. The van der Waals surface area contributed by atoms with Crippen molar-refractivity contribution in [2.24, 2.45) is 0 Å². The predicted octanol–water partition coefficient (Wildman–Crippen LogP) is 0.684. The fraction of sp³-hybridized carbons (Fsp3) is 0.615. The zero-order valence-electron chi connectivity index (χ0n) is 11.8. The van der Waals surface area contributed by atoms with Crippen LogP contribution in [0.5, 0.6) is 0 Å². The van der Waals surface area contributed by atoms with E-state index in [1.54, 1.807) is 19.2 Å². The van der Waals surface area contributed by atoms with Gasteiger partial charge in [0.2, 0.25) is 0 Å². The molecule has 2 rings (SSSR count). The van der Waals surface area contributed by atoms with Gasteiger partial charge in [-0.3, -0.25) is 4.79 Å². The molecule has 0 aliphatic carbocycles. The summed E-state index contributed by atoms with van der Waals surface area (Å²) in [6.45, 7) is 1.58. The van der Waals surface area contributed by atoms with Gasteiger partial charge in [0.05, 0.1) is 0 Å². The van der Waals surface area contributed by atoms with Crippen LogP contribution in [0.3, 0.4) is 0 Å². The fourth-order valence-electron chi connectivity index (χ4n) is 2.33. The van der Waals surface area contributed by atoms with Crippen LogP contribution in [-0.2, 0) is 0 Å². The van der Waals surface area contributed by atoms with Crippen molar-refractivity contribution in [3.8, 4) is 0 Å². The molecule has 1 aliphatic rings. The van der Waals surface area contributed by atoms with Crippen LogP contribution in [0.4, 0.5) is 5.82 Å². The molecule has 6 heteroatoms. The van der Waals surface area contributed by atoms with E-state index >= 15 is 0 Å². The highest BCUT2D eigenvalue weighted by atomic mass is 16.2. The van der Waals surface area contributed by atoms with Gasteiger partial charge in [-0.05, 0) is 39.1 Å². The van der Waals surface area contributed by atoms with Crippen molar-refractivity contribution in [1.29, 1.82) is 0 Å². The molecule has 0 unspecified atom stereocenters. The Balaban J connectivity index is 1.97. The summed E-state index contributed by atoms with van der Waals surface area (Å²) in [5.41, 5.74) is 0.419. The van der Waals surface area contributed by atoms with E-state index in [0.29, 0.717) is 17.6 Å². The van der Waals surface area contributed by atoms with Crippen LogP contribution >= 0.6 is 0 Å². The average molecular weight is 263 g/mol. The van der Waals surface area contributed by atoms with E-state index in [9.17, 15) is 4.79 Å². The van der Waals surface area contributed by atoms with Crippen LogP contribution in [0.2, 0.25) is 0 Å². The molecule has 0 aromatic carbocycles. The van der Waals surface area contributed by atoms with Gasteiger partial charge >= 0.3 is 0 Å². The Bertz CT molecular complexity index is 423. The first-order valence-corrected chi connectivity index (χ1v) is 6.59. The minimum absolute atomic E-state index is 0.0210. The second kappa shape index (κ2) is 5.97. The number of aromatic nitrogens is 2. The second-order valence-corrected chi connectivity index (χ2v) is 5.04. The number of anilines is 1. The standard InChI is InChI=1S/C13H21N5O/c1-14-12-5-4-11(15-16-12)13(19)18-8-6-10(7-9-18)17(2)3/h4-5,10H,6-9H2,1-3H3,(H,14,16). The van der Waals surface area contributed by atoms with Gasteiger partial charge in [-0.15, -0.1) is 10.2 Å². The van der Waals surface area contributed by atoms with Crippen molar-refractivity contribution in [2.75, 3.05) is 39.5 Å². The van der Waals surface area contributed by atoms with E-state index in [4.69, 9.17) is 0 Å². The molecule has 0 spiro atoms. The lowest BCUT2D eigenvalue weighted by Gasteiger charge is -2.34. The van der Waals surface area contributed by atoms with Gasteiger partial charge in [-0.25, -0.2) is 0 Å². The number of rotatable bonds is 3. The van der Waals surface area contributed by atoms with Crippen LogP contribution in [0.15, 0.2) is 12.1 Å². The van der Waals surface area contributed by atoms with Gasteiger partial charge in [0.1, 0.15) is 5.82 Å². The molecule has 0 bridgehead atoms. The monoisotopic (exact) mass is 263 g/mol. The highest BCUT2D eigenvalue weighted by molar-refractivity contribution is 5.92. The molecule has 1 aromatic rings. The lowest BCUT2D eigenvalue weighted by Crippen LogP contribution is -2.44. The maximum absolute atomic E-state index is 12.3. The summed E-state index contributed by atoms with van der Waals surface area (Å²) in [6.07, 6.45) is 2.03. The van der Waals surface area contributed by atoms with Crippen molar-refractivity contribution in [3.63, 3.8) is 0 Å². The molecule has 1 saturated heterocycles. The van der Waals surface area contributed by atoms with E-state index in [2.05, 4.69) is 34.5 Å².